The van der Waals surface area contributed by atoms with Gasteiger partial charge in [-0.2, -0.15) is 5.10 Å². The van der Waals surface area contributed by atoms with Gasteiger partial charge in [0.15, 0.2) is 0 Å². The molecule has 6 nitrogen and oxygen atoms in total. The van der Waals surface area contributed by atoms with Crippen LogP contribution >= 0.6 is 0 Å². The number of benzene rings is 2. The van der Waals surface area contributed by atoms with Crippen LogP contribution < -0.4 is 10.1 Å². The third-order valence-corrected chi connectivity index (χ3v) is 4.25. The number of H-pyrrole nitrogens is 2. The maximum atomic E-state index is 12.2. The smallest absolute Gasteiger partial charge is 0.406 e. The number of nitrogens with zero attached hydrogens (tertiary/aromatic N) is 2. The van der Waals surface area contributed by atoms with E-state index in [1.807, 2.05) is 32.0 Å². The molecule has 0 aliphatic heterocycles. The topological polar surface area (TPSA) is 78.6 Å². The normalized spacial score (nSPS) is 11.8. The van der Waals surface area contributed by atoms with Crippen molar-refractivity contribution >= 4 is 22.7 Å². The number of aromatic nitrogens is 4. The number of alkyl halides is 3. The lowest BCUT2D eigenvalue weighted by atomic mass is 10.0. The lowest BCUT2D eigenvalue weighted by Gasteiger charge is -2.09. The zero-order valence-corrected chi connectivity index (χ0v) is 15.0. The monoisotopic (exact) mass is 387 g/mol. The zero-order chi connectivity index (χ0) is 19.9. The summed E-state index contributed by atoms with van der Waals surface area (Å²) in [6.07, 6.45) is -4.71. The number of ether oxygens (including phenoxy) is 1. The van der Waals surface area contributed by atoms with Gasteiger partial charge in [-0.15, -0.1) is 13.2 Å². The Hall–Kier alpha value is -3.49. The van der Waals surface area contributed by atoms with E-state index in [4.69, 9.17) is 0 Å². The molecule has 2 heterocycles. The Bertz CT molecular complexity index is 1110. The molecule has 9 heteroatoms. The summed E-state index contributed by atoms with van der Waals surface area (Å²) >= 11 is 0. The van der Waals surface area contributed by atoms with Gasteiger partial charge in [0, 0.05) is 16.9 Å². The maximum Gasteiger partial charge on any atom is 0.573 e. The molecule has 2 aromatic carbocycles. The van der Waals surface area contributed by atoms with Crippen LogP contribution in [0.2, 0.25) is 0 Å². The van der Waals surface area contributed by atoms with E-state index >= 15 is 0 Å². The van der Waals surface area contributed by atoms with Gasteiger partial charge >= 0.3 is 6.36 Å². The van der Waals surface area contributed by atoms with Crippen LogP contribution in [-0.2, 0) is 0 Å². The third-order valence-electron chi connectivity index (χ3n) is 4.25. The molecule has 0 unspecified atom stereocenters. The fourth-order valence-electron chi connectivity index (χ4n) is 3.08. The molecule has 2 aromatic heterocycles. The Morgan fingerprint density at radius 3 is 2.43 bits per heavy atom. The first kappa shape index (κ1) is 17.9. The molecule has 0 saturated heterocycles. The summed E-state index contributed by atoms with van der Waals surface area (Å²) in [6, 6.07) is 11.3. The Balaban J connectivity index is 1.57. The molecule has 0 bridgehead atoms. The minimum atomic E-state index is -4.71. The van der Waals surface area contributed by atoms with E-state index in [-0.39, 0.29) is 5.75 Å². The van der Waals surface area contributed by atoms with Crippen molar-refractivity contribution in [1.29, 1.82) is 0 Å². The number of hydrogen-bond donors (Lipinski definition) is 3. The van der Waals surface area contributed by atoms with E-state index in [2.05, 4.69) is 30.2 Å². The number of fused-ring (bicyclic) bond motifs is 1. The minimum Gasteiger partial charge on any atom is -0.406 e. The fourth-order valence-corrected chi connectivity index (χ4v) is 3.08. The molecule has 3 N–H and O–H groups in total. The fraction of sp³-hybridized carbons (Fsp3) is 0.158. The number of nitrogens with one attached hydrogen (secondary N) is 3. The maximum absolute atomic E-state index is 12.2. The number of rotatable bonds is 4. The first-order valence-electron chi connectivity index (χ1n) is 8.43. The van der Waals surface area contributed by atoms with Crippen LogP contribution in [0.1, 0.15) is 11.4 Å². The molecular formula is C19H16F3N5O. The molecule has 0 fully saturated rings. The quantitative estimate of drug-likeness (QED) is 0.449. The summed E-state index contributed by atoms with van der Waals surface area (Å²) in [5, 5.41) is 10.2. The van der Waals surface area contributed by atoms with Crippen molar-refractivity contribution in [2.75, 3.05) is 5.32 Å². The summed E-state index contributed by atoms with van der Waals surface area (Å²) in [7, 11) is 0. The summed E-state index contributed by atoms with van der Waals surface area (Å²) in [4.78, 5) is 7.63. The minimum absolute atomic E-state index is 0.279. The van der Waals surface area contributed by atoms with Crippen molar-refractivity contribution in [3.05, 3.63) is 53.9 Å². The molecule has 4 aromatic rings. The number of hydrogen-bond acceptors (Lipinski definition) is 4. The summed E-state index contributed by atoms with van der Waals surface area (Å²) in [5.74, 6) is 0.204. The van der Waals surface area contributed by atoms with Crippen LogP contribution in [0, 0.1) is 13.8 Å². The van der Waals surface area contributed by atoms with Gasteiger partial charge in [0.1, 0.15) is 5.75 Å². The molecule has 4 rings (SSSR count). The van der Waals surface area contributed by atoms with Crippen molar-refractivity contribution < 1.29 is 17.9 Å². The molecule has 0 aliphatic rings. The van der Waals surface area contributed by atoms with Gasteiger partial charge in [-0.1, -0.05) is 6.07 Å². The predicted octanol–water partition coefficient (Wildman–Crippen LogP) is 5.21. The number of anilines is 2. The molecule has 0 radical (unpaired) electrons. The number of aryl methyl sites for hydroxylation is 2. The van der Waals surface area contributed by atoms with Crippen LogP contribution in [0.5, 0.6) is 5.75 Å². The Labute approximate surface area is 157 Å². The highest BCUT2D eigenvalue weighted by Gasteiger charge is 2.30. The SMILES string of the molecule is Cc1n[nH]c(C)c1-c1ccc2nc(Nc3ccc(OC(F)(F)F)cc3)[nH]c2c1. The summed E-state index contributed by atoms with van der Waals surface area (Å²) in [5.41, 5.74) is 6.13. The average molecular weight is 387 g/mol. The van der Waals surface area contributed by atoms with Gasteiger partial charge in [0.25, 0.3) is 0 Å². The van der Waals surface area contributed by atoms with Crippen LogP contribution in [0.3, 0.4) is 0 Å². The first-order chi connectivity index (χ1) is 13.3. The van der Waals surface area contributed by atoms with Crippen molar-refractivity contribution in [3.8, 4) is 16.9 Å². The van der Waals surface area contributed by atoms with E-state index in [0.717, 1.165) is 33.5 Å². The van der Waals surface area contributed by atoms with Gasteiger partial charge in [-0.05, 0) is 55.8 Å². The Kier molecular flexibility index (Phi) is 4.21. The van der Waals surface area contributed by atoms with Crippen molar-refractivity contribution in [3.63, 3.8) is 0 Å². The van der Waals surface area contributed by atoms with Crippen LogP contribution in [0.15, 0.2) is 42.5 Å². The van der Waals surface area contributed by atoms with E-state index in [1.165, 1.54) is 24.3 Å². The van der Waals surface area contributed by atoms with Crippen LogP contribution in [-0.4, -0.2) is 26.5 Å². The molecular weight excluding hydrogens is 371 g/mol. The second-order valence-electron chi connectivity index (χ2n) is 6.32. The van der Waals surface area contributed by atoms with Crippen LogP contribution in [0.4, 0.5) is 24.8 Å². The van der Waals surface area contributed by atoms with Gasteiger partial charge in [-0.25, -0.2) is 4.98 Å². The van der Waals surface area contributed by atoms with Gasteiger partial charge in [0.2, 0.25) is 5.95 Å². The molecule has 0 saturated carbocycles. The largest absolute Gasteiger partial charge is 0.573 e. The Morgan fingerprint density at radius 1 is 1.04 bits per heavy atom. The van der Waals surface area contributed by atoms with Crippen molar-refractivity contribution in [1.82, 2.24) is 20.2 Å². The average Bonchev–Trinajstić information content (AvgIpc) is 3.17. The number of imidazole rings is 1. The highest BCUT2D eigenvalue weighted by atomic mass is 19.4. The first-order valence-corrected chi connectivity index (χ1v) is 8.43. The van der Waals surface area contributed by atoms with Gasteiger partial charge in [-0.3, -0.25) is 5.10 Å². The Morgan fingerprint density at radius 2 is 1.79 bits per heavy atom. The second kappa shape index (κ2) is 6.59. The predicted molar refractivity (Wildman–Crippen MR) is 99.6 cm³/mol. The van der Waals surface area contributed by atoms with E-state index in [0.29, 0.717) is 11.6 Å². The molecule has 0 atom stereocenters. The van der Waals surface area contributed by atoms with Crippen LogP contribution in [0.25, 0.3) is 22.2 Å². The van der Waals surface area contributed by atoms with E-state index in [1.54, 1.807) is 0 Å². The van der Waals surface area contributed by atoms with Crippen molar-refractivity contribution in [2.24, 2.45) is 0 Å². The molecule has 28 heavy (non-hydrogen) atoms. The van der Waals surface area contributed by atoms with Gasteiger partial charge < -0.3 is 15.0 Å². The molecule has 0 spiro atoms. The summed E-state index contributed by atoms with van der Waals surface area (Å²) < 4.78 is 40.6. The highest BCUT2D eigenvalue weighted by Crippen LogP contribution is 2.29. The molecule has 144 valence electrons. The van der Waals surface area contributed by atoms with Gasteiger partial charge in [0.05, 0.1) is 16.7 Å². The lowest BCUT2D eigenvalue weighted by Crippen LogP contribution is -2.16. The summed E-state index contributed by atoms with van der Waals surface area (Å²) in [6.45, 7) is 3.90. The lowest BCUT2D eigenvalue weighted by molar-refractivity contribution is -0.274. The zero-order valence-electron chi connectivity index (χ0n) is 15.0. The molecule has 0 aliphatic carbocycles. The standard InChI is InChI=1S/C19H16F3N5O/c1-10-17(11(2)27-26-10)12-3-8-15-16(9-12)25-18(24-15)23-13-4-6-14(7-5-13)28-19(20,21)22/h3-9H,1-2H3,(H,26,27)(H2,23,24,25). The third kappa shape index (κ3) is 3.64. The van der Waals surface area contributed by atoms with Crippen molar-refractivity contribution in [2.45, 2.75) is 20.2 Å². The molecule has 0 amide bonds. The van der Waals surface area contributed by atoms with E-state index in [9.17, 15) is 13.2 Å². The van der Waals surface area contributed by atoms with E-state index < -0.39 is 6.36 Å². The highest BCUT2D eigenvalue weighted by molar-refractivity contribution is 5.85. The number of aromatic amines is 2. The number of halogens is 3. The second-order valence-corrected chi connectivity index (χ2v) is 6.32.